The Morgan fingerprint density at radius 3 is 1.81 bits per heavy atom. The number of nitrogens with two attached hydrogens (primary N) is 1. The van der Waals surface area contributed by atoms with Crippen LogP contribution in [0.1, 0.15) is 37.4 Å². The van der Waals surface area contributed by atoms with Crippen LogP contribution in [0.3, 0.4) is 0 Å². The molecule has 2 heterocycles. The van der Waals surface area contributed by atoms with Gasteiger partial charge in [-0.25, -0.2) is 4.79 Å². The van der Waals surface area contributed by atoms with Crippen LogP contribution in [-0.4, -0.2) is 64.4 Å². The van der Waals surface area contributed by atoms with Crippen LogP contribution in [0.25, 0.3) is 0 Å². The van der Waals surface area contributed by atoms with Gasteiger partial charge in [0.25, 0.3) is 11.8 Å². The van der Waals surface area contributed by atoms with Crippen molar-refractivity contribution in [3.63, 3.8) is 0 Å². The number of rotatable bonds is 5. The highest BCUT2D eigenvalue weighted by Gasteiger charge is 2.38. The number of anilines is 1. The number of amides is 3. The fraction of sp³-hybridized carbons (Fsp3) is 0.226. The van der Waals surface area contributed by atoms with Crippen molar-refractivity contribution in [2.45, 2.75) is 25.8 Å². The summed E-state index contributed by atoms with van der Waals surface area (Å²) in [6.07, 6.45) is -1.12. The van der Waals surface area contributed by atoms with Crippen LogP contribution in [0, 0.1) is 0 Å². The Balaban J connectivity index is 0.000000541. The fourth-order valence-corrected chi connectivity index (χ4v) is 4.60. The van der Waals surface area contributed by atoms with E-state index < -0.39 is 12.1 Å². The maximum atomic E-state index is 13.4. The summed E-state index contributed by atoms with van der Waals surface area (Å²) >= 11 is 0. The van der Waals surface area contributed by atoms with E-state index in [4.69, 9.17) is 15.6 Å². The van der Waals surface area contributed by atoms with Gasteiger partial charge in [-0.3, -0.25) is 14.4 Å². The van der Waals surface area contributed by atoms with Gasteiger partial charge < -0.3 is 25.5 Å². The maximum absolute atomic E-state index is 13.4. The highest BCUT2D eigenvalue weighted by molar-refractivity contribution is 6.02. The highest BCUT2D eigenvalue weighted by Crippen LogP contribution is 2.28. The minimum atomic E-state index is -5.08. The zero-order valence-electron chi connectivity index (χ0n) is 23.0. The second kappa shape index (κ2) is 13.3. The van der Waals surface area contributed by atoms with Crippen molar-refractivity contribution in [2.24, 2.45) is 5.73 Å². The summed E-state index contributed by atoms with van der Waals surface area (Å²) in [6.45, 7) is 2.34. The standard InChI is InChI=1S/C29H28N4O3.C2HF3O2/c30-17-21-7-11-24(12-8-21)29(36)32-19-25-5-1-2-6-26(25)33(27(34)20-32)18-22-9-13-23(14-10-22)28(35)31-15-3-4-16-31;3-2(4,5)1(6)7/h1-14H,15-20,30H2;(H,6,7). The third-order valence-electron chi connectivity index (χ3n) is 6.88. The molecule has 0 aromatic heterocycles. The van der Waals surface area contributed by atoms with Crippen molar-refractivity contribution in [3.05, 3.63) is 113 Å². The zero-order valence-corrected chi connectivity index (χ0v) is 23.0. The van der Waals surface area contributed by atoms with Gasteiger partial charge in [0.2, 0.25) is 5.91 Å². The number of carbonyl (C=O) groups excluding carboxylic acids is 3. The first-order chi connectivity index (χ1) is 20.5. The molecule has 5 rings (SSSR count). The largest absolute Gasteiger partial charge is 0.490 e. The molecule has 0 spiro atoms. The Kier molecular flexibility index (Phi) is 9.61. The summed E-state index contributed by atoms with van der Waals surface area (Å²) < 4.78 is 31.7. The van der Waals surface area contributed by atoms with Gasteiger partial charge >= 0.3 is 12.1 Å². The molecule has 3 N–H and O–H groups in total. The number of halogens is 3. The quantitative estimate of drug-likeness (QED) is 0.431. The van der Waals surface area contributed by atoms with Crippen molar-refractivity contribution >= 4 is 29.4 Å². The topological polar surface area (TPSA) is 124 Å². The molecule has 224 valence electrons. The van der Waals surface area contributed by atoms with Gasteiger partial charge in [0.1, 0.15) is 6.54 Å². The molecular formula is C31H29F3N4O5. The number of carbonyl (C=O) groups is 4. The number of alkyl halides is 3. The number of fused-ring (bicyclic) bond motifs is 1. The van der Waals surface area contributed by atoms with Crippen molar-refractivity contribution in [3.8, 4) is 0 Å². The SMILES string of the molecule is NCc1ccc(C(=O)N2CC(=O)N(Cc3ccc(C(=O)N4CC=CC4)cc3)c3ccccc3C2)cc1.O=C(O)C(F)(F)F. The minimum Gasteiger partial charge on any atom is -0.475 e. The molecule has 3 aromatic carbocycles. The first-order valence-corrected chi connectivity index (χ1v) is 13.3. The Bertz CT molecular complexity index is 1510. The lowest BCUT2D eigenvalue weighted by atomic mass is 10.1. The van der Waals surface area contributed by atoms with Gasteiger partial charge in [0.05, 0.1) is 6.54 Å². The van der Waals surface area contributed by atoms with E-state index >= 15 is 0 Å². The van der Waals surface area contributed by atoms with Gasteiger partial charge in [-0.05, 0) is 47.0 Å². The molecule has 3 amide bonds. The number of para-hydroxylation sites is 1. The molecule has 2 aliphatic heterocycles. The molecule has 0 fully saturated rings. The van der Waals surface area contributed by atoms with E-state index in [0.717, 1.165) is 22.4 Å². The second-order valence-corrected chi connectivity index (χ2v) is 9.85. The Hall–Kier alpha value is -4.97. The van der Waals surface area contributed by atoms with Crippen LogP contribution in [0.4, 0.5) is 18.9 Å². The van der Waals surface area contributed by atoms with E-state index in [-0.39, 0.29) is 24.3 Å². The lowest BCUT2D eigenvalue weighted by molar-refractivity contribution is -0.192. The average Bonchev–Trinajstić information content (AvgIpc) is 3.50. The normalized spacial score (nSPS) is 14.5. The molecule has 0 saturated heterocycles. The van der Waals surface area contributed by atoms with Crippen LogP contribution < -0.4 is 10.6 Å². The van der Waals surface area contributed by atoms with Gasteiger partial charge in [-0.15, -0.1) is 0 Å². The molecule has 0 atom stereocenters. The minimum absolute atomic E-state index is 0.00334. The predicted octanol–water partition coefficient (Wildman–Crippen LogP) is 3.98. The zero-order chi connectivity index (χ0) is 31.1. The maximum Gasteiger partial charge on any atom is 0.490 e. The molecule has 0 saturated carbocycles. The summed E-state index contributed by atoms with van der Waals surface area (Å²) in [5.41, 5.74) is 10.4. The molecule has 0 radical (unpaired) electrons. The first-order valence-electron chi connectivity index (χ1n) is 13.3. The highest BCUT2D eigenvalue weighted by atomic mass is 19.4. The summed E-state index contributed by atoms with van der Waals surface area (Å²) in [7, 11) is 0. The van der Waals surface area contributed by atoms with Gasteiger partial charge in [0.15, 0.2) is 0 Å². The number of carboxylic acid groups (broad SMARTS) is 1. The van der Waals surface area contributed by atoms with Crippen LogP contribution in [0.15, 0.2) is 84.9 Å². The number of nitrogens with zero attached hydrogens (tertiary/aromatic N) is 3. The van der Waals surface area contributed by atoms with Gasteiger partial charge in [0, 0.05) is 43.0 Å². The van der Waals surface area contributed by atoms with Crippen molar-refractivity contribution in [1.29, 1.82) is 0 Å². The summed E-state index contributed by atoms with van der Waals surface area (Å²) in [4.78, 5) is 53.3. The summed E-state index contributed by atoms with van der Waals surface area (Å²) in [5.74, 6) is -3.11. The molecule has 43 heavy (non-hydrogen) atoms. The Morgan fingerprint density at radius 2 is 1.28 bits per heavy atom. The summed E-state index contributed by atoms with van der Waals surface area (Å²) in [6, 6.07) is 22.3. The second-order valence-electron chi connectivity index (χ2n) is 9.85. The van der Waals surface area contributed by atoms with Crippen LogP contribution in [-0.2, 0) is 29.2 Å². The third-order valence-corrected chi connectivity index (χ3v) is 6.88. The van der Waals surface area contributed by atoms with Gasteiger partial charge in [-0.1, -0.05) is 54.6 Å². The lowest BCUT2D eigenvalue weighted by Gasteiger charge is -2.23. The number of hydrogen-bond acceptors (Lipinski definition) is 5. The predicted molar refractivity (Wildman–Crippen MR) is 152 cm³/mol. The lowest BCUT2D eigenvalue weighted by Crippen LogP contribution is -2.39. The van der Waals surface area contributed by atoms with Crippen LogP contribution >= 0.6 is 0 Å². The van der Waals surface area contributed by atoms with E-state index in [1.807, 2.05) is 72.8 Å². The molecule has 9 nitrogen and oxygen atoms in total. The van der Waals surface area contributed by atoms with E-state index in [9.17, 15) is 27.6 Å². The van der Waals surface area contributed by atoms with Crippen molar-refractivity contribution in [2.75, 3.05) is 24.5 Å². The molecule has 0 bridgehead atoms. The fourth-order valence-electron chi connectivity index (χ4n) is 4.60. The monoisotopic (exact) mass is 594 g/mol. The smallest absolute Gasteiger partial charge is 0.475 e. The van der Waals surface area contributed by atoms with Crippen molar-refractivity contribution < 1.29 is 37.5 Å². The number of benzene rings is 3. The average molecular weight is 595 g/mol. The molecule has 3 aromatic rings. The molecule has 0 unspecified atom stereocenters. The Labute approximate surface area is 245 Å². The summed E-state index contributed by atoms with van der Waals surface area (Å²) in [5, 5.41) is 7.12. The first kappa shape index (κ1) is 31.0. The van der Waals surface area contributed by atoms with Crippen LogP contribution in [0.5, 0.6) is 0 Å². The number of carboxylic acids is 1. The van der Waals surface area contributed by atoms with E-state index in [1.165, 1.54) is 0 Å². The van der Waals surface area contributed by atoms with E-state index in [1.54, 1.807) is 26.8 Å². The Morgan fingerprint density at radius 1 is 0.767 bits per heavy atom. The number of hydrogen-bond donors (Lipinski definition) is 2. The van der Waals surface area contributed by atoms with Crippen LogP contribution in [0.2, 0.25) is 0 Å². The van der Waals surface area contributed by atoms with Gasteiger partial charge in [-0.2, -0.15) is 13.2 Å². The van der Waals surface area contributed by atoms with Crippen molar-refractivity contribution in [1.82, 2.24) is 9.80 Å². The molecule has 0 aliphatic carbocycles. The molecule has 12 heteroatoms. The van der Waals surface area contributed by atoms with E-state index in [2.05, 4.69) is 0 Å². The third kappa shape index (κ3) is 7.66. The molecular weight excluding hydrogens is 565 g/mol. The number of aliphatic carboxylic acids is 1. The molecule has 2 aliphatic rings. The van der Waals surface area contributed by atoms with E-state index in [0.29, 0.717) is 43.9 Å².